The van der Waals surface area contributed by atoms with Crippen molar-refractivity contribution >= 4 is 33.1 Å². The van der Waals surface area contributed by atoms with E-state index in [1.165, 1.54) is 23.5 Å². The van der Waals surface area contributed by atoms with E-state index >= 15 is 0 Å². The van der Waals surface area contributed by atoms with Gasteiger partial charge in [0.15, 0.2) is 5.78 Å². The van der Waals surface area contributed by atoms with Crippen molar-refractivity contribution in [2.45, 2.75) is 59.8 Å². The van der Waals surface area contributed by atoms with Crippen LogP contribution in [0.15, 0.2) is 18.2 Å². The summed E-state index contributed by atoms with van der Waals surface area (Å²) in [4.78, 5) is 26.5. The van der Waals surface area contributed by atoms with E-state index in [0.717, 1.165) is 17.5 Å². The van der Waals surface area contributed by atoms with Crippen molar-refractivity contribution in [3.05, 3.63) is 34.5 Å². The fourth-order valence-corrected chi connectivity index (χ4v) is 4.45. The summed E-state index contributed by atoms with van der Waals surface area (Å²) in [5.74, 6) is -0.879. The molecule has 26 heavy (non-hydrogen) atoms. The van der Waals surface area contributed by atoms with Gasteiger partial charge >= 0.3 is 0 Å². The molecule has 1 aromatic heterocycles. The van der Waals surface area contributed by atoms with Crippen LogP contribution in [-0.4, -0.2) is 18.2 Å². The number of thiophene rings is 1. The number of carbonyl (C=O) groups is 2. The molecule has 1 heterocycles. The van der Waals surface area contributed by atoms with Crippen LogP contribution in [0, 0.1) is 11.2 Å². The molecule has 0 spiro atoms. The molecule has 0 saturated carbocycles. The van der Waals surface area contributed by atoms with Gasteiger partial charge in [0.1, 0.15) is 5.82 Å². The second kappa shape index (κ2) is 8.30. The summed E-state index contributed by atoms with van der Waals surface area (Å²) < 4.78 is 14.8. The van der Waals surface area contributed by atoms with Gasteiger partial charge in [-0.25, -0.2) is 4.39 Å². The Morgan fingerprint density at radius 3 is 2.50 bits per heavy atom. The van der Waals surface area contributed by atoms with E-state index in [2.05, 4.69) is 12.2 Å². The van der Waals surface area contributed by atoms with Gasteiger partial charge in [-0.05, 0) is 37.1 Å². The number of hydrogen-bond acceptors (Lipinski definition) is 3. The molecular formula is C21H28FNO2S. The Bertz CT molecular complexity index is 804. The van der Waals surface area contributed by atoms with Crippen LogP contribution < -0.4 is 5.32 Å². The number of hydrogen-bond donors (Lipinski definition) is 1. The highest BCUT2D eigenvalue weighted by atomic mass is 32.1. The van der Waals surface area contributed by atoms with Crippen LogP contribution in [0.1, 0.15) is 75.0 Å². The first-order chi connectivity index (χ1) is 12.2. The van der Waals surface area contributed by atoms with Gasteiger partial charge in [-0.3, -0.25) is 9.59 Å². The summed E-state index contributed by atoms with van der Waals surface area (Å²) in [5, 5.41) is 3.58. The standard InChI is InChI=1S/C21H28FNO2S/c1-6-8-9-14(20(25)23-7-2)17-15-12-13(22)10-11-16(15)26-18(17)19(24)21(3,4)5/h10-12,14H,6-9H2,1-5H3,(H,23,25). The number of fused-ring (bicyclic) bond motifs is 1. The van der Waals surface area contributed by atoms with Gasteiger partial charge in [-0.2, -0.15) is 0 Å². The zero-order valence-electron chi connectivity index (χ0n) is 16.2. The number of Topliss-reactive ketones (excluding diaryl/α,β-unsaturated/α-hetero) is 1. The predicted octanol–water partition coefficient (Wildman–Crippen LogP) is 5.68. The van der Waals surface area contributed by atoms with E-state index in [4.69, 9.17) is 0 Å². The van der Waals surface area contributed by atoms with Gasteiger partial charge in [-0.15, -0.1) is 11.3 Å². The number of halogens is 1. The normalized spacial score (nSPS) is 13.0. The first-order valence-corrected chi connectivity index (χ1v) is 10.1. The quantitative estimate of drug-likeness (QED) is 0.631. The van der Waals surface area contributed by atoms with E-state index in [1.807, 2.05) is 27.7 Å². The Kier molecular flexibility index (Phi) is 6.56. The van der Waals surface area contributed by atoms with Crippen molar-refractivity contribution in [2.75, 3.05) is 6.54 Å². The van der Waals surface area contributed by atoms with Crippen molar-refractivity contribution in [3.8, 4) is 0 Å². The Morgan fingerprint density at radius 2 is 1.92 bits per heavy atom. The molecule has 3 nitrogen and oxygen atoms in total. The lowest BCUT2D eigenvalue weighted by molar-refractivity contribution is -0.122. The monoisotopic (exact) mass is 377 g/mol. The van der Waals surface area contributed by atoms with Crippen LogP contribution in [0.2, 0.25) is 0 Å². The summed E-state index contributed by atoms with van der Waals surface area (Å²) in [6.45, 7) is 10.1. The summed E-state index contributed by atoms with van der Waals surface area (Å²) in [5.41, 5.74) is 0.133. The maximum atomic E-state index is 13.9. The minimum atomic E-state index is -0.565. The number of nitrogens with one attached hydrogen (secondary N) is 1. The summed E-state index contributed by atoms with van der Waals surface area (Å²) in [6, 6.07) is 4.56. The molecular weight excluding hydrogens is 349 g/mol. The molecule has 1 amide bonds. The van der Waals surface area contributed by atoms with Crippen LogP contribution >= 0.6 is 11.3 Å². The highest BCUT2D eigenvalue weighted by Crippen LogP contribution is 2.41. The summed E-state index contributed by atoms with van der Waals surface area (Å²) in [7, 11) is 0. The highest BCUT2D eigenvalue weighted by molar-refractivity contribution is 7.21. The highest BCUT2D eigenvalue weighted by Gasteiger charge is 2.33. The number of benzene rings is 1. The minimum Gasteiger partial charge on any atom is -0.356 e. The molecule has 0 bridgehead atoms. The molecule has 0 saturated heterocycles. The number of amides is 1. The Hall–Kier alpha value is -1.75. The van der Waals surface area contributed by atoms with Crippen LogP contribution in [0.25, 0.3) is 10.1 Å². The lowest BCUT2D eigenvalue weighted by Crippen LogP contribution is -2.30. The first kappa shape index (κ1) is 20.6. The molecule has 1 atom stereocenters. The average Bonchev–Trinajstić information content (AvgIpc) is 2.92. The number of carbonyl (C=O) groups excluding carboxylic acids is 2. The Labute approximate surface area is 159 Å². The number of ketones is 1. The van der Waals surface area contributed by atoms with Gasteiger partial charge in [0.2, 0.25) is 5.91 Å². The molecule has 0 aliphatic heterocycles. The number of likely N-dealkylation sites (N-methyl/N-ethyl adjacent to an activating group) is 1. The van der Waals surface area contributed by atoms with Crippen molar-refractivity contribution < 1.29 is 14.0 Å². The topological polar surface area (TPSA) is 46.2 Å². The maximum Gasteiger partial charge on any atom is 0.227 e. The lowest BCUT2D eigenvalue weighted by atomic mass is 9.84. The summed E-state index contributed by atoms with van der Waals surface area (Å²) in [6.07, 6.45) is 2.47. The molecule has 0 fully saturated rings. The third kappa shape index (κ3) is 4.32. The minimum absolute atomic E-state index is 0.0000879. The molecule has 2 rings (SSSR count). The van der Waals surface area contributed by atoms with Crippen molar-refractivity contribution in [3.63, 3.8) is 0 Å². The van der Waals surface area contributed by atoms with Gasteiger partial charge in [0.05, 0.1) is 10.8 Å². The average molecular weight is 378 g/mol. The molecule has 1 unspecified atom stereocenters. The van der Waals surface area contributed by atoms with Crippen molar-refractivity contribution in [2.24, 2.45) is 5.41 Å². The fraction of sp³-hybridized carbons (Fsp3) is 0.524. The lowest BCUT2D eigenvalue weighted by Gasteiger charge is -2.21. The fourth-order valence-electron chi connectivity index (χ4n) is 3.06. The molecule has 142 valence electrons. The van der Waals surface area contributed by atoms with Gasteiger partial charge in [0.25, 0.3) is 0 Å². The smallest absolute Gasteiger partial charge is 0.227 e. The van der Waals surface area contributed by atoms with Gasteiger partial charge in [-0.1, -0.05) is 40.5 Å². The zero-order valence-corrected chi connectivity index (χ0v) is 17.1. The van der Waals surface area contributed by atoms with Gasteiger partial charge < -0.3 is 5.32 Å². The van der Waals surface area contributed by atoms with Crippen LogP contribution in [0.4, 0.5) is 4.39 Å². The maximum absolute atomic E-state index is 13.9. The molecule has 0 aliphatic carbocycles. The molecule has 0 radical (unpaired) electrons. The third-order valence-corrected chi connectivity index (χ3v) is 5.62. The van der Waals surface area contributed by atoms with E-state index in [0.29, 0.717) is 28.8 Å². The Morgan fingerprint density at radius 1 is 1.23 bits per heavy atom. The van der Waals surface area contributed by atoms with Crippen molar-refractivity contribution in [1.29, 1.82) is 0 Å². The SMILES string of the molecule is CCCCC(C(=O)NCC)c1c(C(=O)C(C)(C)C)sc2ccc(F)cc12. The first-order valence-electron chi connectivity index (χ1n) is 9.25. The van der Waals surface area contributed by atoms with Crippen LogP contribution in [0.5, 0.6) is 0 Å². The van der Waals surface area contributed by atoms with Crippen LogP contribution in [0.3, 0.4) is 0 Å². The number of unbranched alkanes of at least 4 members (excludes halogenated alkanes) is 1. The molecule has 1 N–H and O–H groups in total. The largest absolute Gasteiger partial charge is 0.356 e. The van der Waals surface area contributed by atoms with Crippen molar-refractivity contribution in [1.82, 2.24) is 5.32 Å². The molecule has 2 aromatic rings. The van der Waals surface area contributed by atoms with Gasteiger partial charge in [0, 0.05) is 22.0 Å². The Balaban J connectivity index is 2.71. The molecule has 0 aliphatic rings. The molecule has 1 aromatic carbocycles. The summed E-state index contributed by atoms with van der Waals surface area (Å²) >= 11 is 1.37. The van der Waals surface area contributed by atoms with Crippen LogP contribution in [-0.2, 0) is 4.79 Å². The predicted molar refractivity (Wildman–Crippen MR) is 107 cm³/mol. The van der Waals surface area contributed by atoms with E-state index in [9.17, 15) is 14.0 Å². The second-order valence-corrected chi connectivity index (χ2v) is 8.71. The number of rotatable bonds is 7. The molecule has 5 heteroatoms. The second-order valence-electron chi connectivity index (χ2n) is 7.65. The zero-order chi connectivity index (χ0) is 19.5. The third-order valence-electron chi connectivity index (χ3n) is 4.44. The van der Waals surface area contributed by atoms with E-state index < -0.39 is 11.3 Å². The van der Waals surface area contributed by atoms with E-state index in [-0.39, 0.29) is 17.5 Å². The van der Waals surface area contributed by atoms with E-state index in [1.54, 1.807) is 6.07 Å².